The highest BCUT2D eigenvalue weighted by Gasteiger charge is 2.35. The number of cyclic esters (lactones) is 1. The number of nitrogens with zero attached hydrogens (tertiary/aromatic N) is 1. The van der Waals surface area contributed by atoms with Gasteiger partial charge in [-0.3, -0.25) is 0 Å². The summed E-state index contributed by atoms with van der Waals surface area (Å²) in [6.45, 7) is 4.64. The summed E-state index contributed by atoms with van der Waals surface area (Å²) in [7, 11) is 1.40. The van der Waals surface area contributed by atoms with Crippen molar-refractivity contribution in [2.24, 2.45) is 5.92 Å². The van der Waals surface area contributed by atoms with Crippen LogP contribution < -0.4 is 0 Å². The first-order chi connectivity index (χ1) is 11.6. The maximum Gasteiger partial charge on any atom is 0.354 e. The number of carbonyl (C=O) groups is 2. The number of aromatic nitrogens is 1. The van der Waals surface area contributed by atoms with Crippen molar-refractivity contribution < 1.29 is 19.1 Å². The van der Waals surface area contributed by atoms with Gasteiger partial charge in [-0.05, 0) is 38.0 Å². The molecule has 24 heavy (non-hydrogen) atoms. The summed E-state index contributed by atoms with van der Waals surface area (Å²) < 4.78 is 12.5. The summed E-state index contributed by atoms with van der Waals surface area (Å²) in [5.41, 5.74) is 2.32. The maximum atomic E-state index is 12.0. The van der Waals surface area contributed by atoms with E-state index in [1.807, 2.05) is 22.8 Å². The van der Waals surface area contributed by atoms with Crippen molar-refractivity contribution in [2.45, 2.75) is 45.3 Å². The van der Waals surface area contributed by atoms with Gasteiger partial charge >= 0.3 is 11.9 Å². The number of hydrogen-bond donors (Lipinski definition) is 0. The van der Waals surface area contributed by atoms with Gasteiger partial charge in [0.05, 0.1) is 7.11 Å². The second kappa shape index (κ2) is 6.67. The van der Waals surface area contributed by atoms with Crippen molar-refractivity contribution in [3.63, 3.8) is 0 Å². The number of ether oxygens (including phenoxy) is 2. The van der Waals surface area contributed by atoms with E-state index < -0.39 is 0 Å². The van der Waals surface area contributed by atoms with E-state index in [4.69, 9.17) is 9.47 Å². The van der Waals surface area contributed by atoms with E-state index in [0.29, 0.717) is 11.3 Å². The van der Waals surface area contributed by atoms with Crippen LogP contribution in [0.3, 0.4) is 0 Å². The van der Waals surface area contributed by atoms with Gasteiger partial charge in [-0.1, -0.05) is 19.1 Å². The summed E-state index contributed by atoms with van der Waals surface area (Å²) in [6, 6.07) is 3.81. The fourth-order valence-corrected chi connectivity index (χ4v) is 3.68. The highest BCUT2D eigenvalue weighted by molar-refractivity contribution is 5.90. The Labute approximate surface area is 141 Å². The average Bonchev–Trinajstić information content (AvgIpc) is 3.07. The molecular formula is C19H23NO4. The molecule has 2 aliphatic rings. The Bertz CT molecular complexity index is 713. The molecule has 1 aromatic rings. The molecule has 3 rings (SSSR count). The molecule has 0 aromatic carbocycles. The molecule has 0 saturated carbocycles. The number of rotatable bonds is 4. The van der Waals surface area contributed by atoms with Crippen LogP contribution in [0.1, 0.15) is 48.8 Å². The zero-order chi connectivity index (χ0) is 17.3. The van der Waals surface area contributed by atoms with Crippen LogP contribution in [0.25, 0.3) is 0 Å². The van der Waals surface area contributed by atoms with Gasteiger partial charge in [-0.2, -0.15) is 0 Å². The molecule has 3 heterocycles. The van der Waals surface area contributed by atoms with Gasteiger partial charge in [-0.15, -0.1) is 0 Å². The van der Waals surface area contributed by atoms with Crippen molar-refractivity contribution >= 4 is 11.9 Å². The Morgan fingerprint density at radius 3 is 2.88 bits per heavy atom. The fraction of sp³-hybridized carbons (Fsp3) is 0.474. The number of hydrogen-bond acceptors (Lipinski definition) is 4. The fourth-order valence-electron chi connectivity index (χ4n) is 3.68. The summed E-state index contributed by atoms with van der Waals surface area (Å²) in [5.74, 6) is -0.324. The standard InChI is InChI=1S/C19H23NO4/c1-4-13(17-11-12(2)18(21)24-17)14-7-5-6-10-20-15(14)8-9-16(20)19(22)23-3/h5,7-9,11,13-14,17H,4,6,10H2,1-3H3/t13-,14-,17-/m1/s1. The number of esters is 2. The minimum atomic E-state index is -0.321. The maximum absolute atomic E-state index is 12.0. The van der Waals surface area contributed by atoms with Crippen molar-refractivity contribution in [2.75, 3.05) is 7.11 Å². The van der Waals surface area contributed by atoms with Crippen molar-refractivity contribution in [1.82, 2.24) is 4.57 Å². The second-order valence-electron chi connectivity index (χ2n) is 6.32. The lowest BCUT2D eigenvalue weighted by atomic mass is 9.82. The molecule has 0 N–H and O–H groups in total. The monoisotopic (exact) mass is 329 g/mol. The minimum Gasteiger partial charge on any atom is -0.464 e. The van der Waals surface area contributed by atoms with Crippen LogP contribution in [-0.2, 0) is 20.8 Å². The Balaban J connectivity index is 1.97. The molecule has 1 aromatic heterocycles. The molecule has 0 aliphatic carbocycles. The van der Waals surface area contributed by atoms with Gasteiger partial charge in [0.25, 0.3) is 0 Å². The zero-order valence-electron chi connectivity index (χ0n) is 14.3. The molecule has 0 fully saturated rings. The number of carbonyl (C=O) groups excluding carboxylic acids is 2. The molecule has 5 nitrogen and oxygen atoms in total. The first kappa shape index (κ1) is 16.6. The van der Waals surface area contributed by atoms with Crippen LogP contribution >= 0.6 is 0 Å². The lowest BCUT2D eigenvalue weighted by molar-refractivity contribution is -0.141. The van der Waals surface area contributed by atoms with E-state index >= 15 is 0 Å². The molecule has 2 aliphatic heterocycles. The molecule has 128 valence electrons. The van der Waals surface area contributed by atoms with Gasteiger partial charge in [-0.25, -0.2) is 9.59 Å². The molecule has 0 saturated heterocycles. The van der Waals surface area contributed by atoms with Gasteiger partial charge < -0.3 is 14.0 Å². The van der Waals surface area contributed by atoms with E-state index in [9.17, 15) is 9.59 Å². The normalized spacial score (nSPS) is 24.0. The zero-order valence-corrected chi connectivity index (χ0v) is 14.3. The van der Waals surface area contributed by atoms with Crippen LogP contribution in [0.15, 0.2) is 35.9 Å². The number of allylic oxidation sites excluding steroid dienone is 2. The minimum absolute atomic E-state index is 0.0934. The molecule has 3 atom stereocenters. The molecular weight excluding hydrogens is 306 g/mol. The van der Waals surface area contributed by atoms with Crippen molar-refractivity contribution in [3.05, 3.63) is 47.3 Å². The highest BCUT2D eigenvalue weighted by atomic mass is 16.5. The smallest absolute Gasteiger partial charge is 0.354 e. The van der Waals surface area contributed by atoms with E-state index in [-0.39, 0.29) is 29.9 Å². The second-order valence-corrected chi connectivity index (χ2v) is 6.32. The van der Waals surface area contributed by atoms with Crippen LogP contribution in [-0.4, -0.2) is 29.7 Å². The average molecular weight is 329 g/mol. The highest BCUT2D eigenvalue weighted by Crippen LogP contribution is 2.37. The van der Waals surface area contributed by atoms with E-state index in [2.05, 4.69) is 19.1 Å². The van der Waals surface area contributed by atoms with Crippen LogP contribution in [0.2, 0.25) is 0 Å². The number of fused-ring (bicyclic) bond motifs is 1. The van der Waals surface area contributed by atoms with Gasteiger partial charge in [0.2, 0.25) is 0 Å². The molecule has 0 bridgehead atoms. The predicted molar refractivity (Wildman–Crippen MR) is 89.7 cm³/mol. The Hall–Kier alpha value is -2.30. The Kier molecular flexibility index (Phi) is 4.60. The molecule has 0 radical (unpaired) electrons. The first-order valence-corrected chi connectivity index (χ1v) is 8.40. The summed E-state index contributed by atoms with van der Waals surface area (Å²) in [5, 5.41) is 0. The largest absolute Gasteiger partial charge is 0.464 e. The summed E-state index contributed by atoms with van der Waals surface area (Å²) >= 11 is 0. The van der Waals surface area contributed by atoms with Gasteiger partial charge in [0.15, 0.2) is 0 Å². The lowest BCUT2D eigenvalue weighted by Gasteiger charge is -2.28. The third-order valence-corrected chi connectivity index (χ3v) is 4.95. The van der Waals surface area contributed by atoms with Crippen molar-refractivity contribution in [1.29, 1.82) is 0 Å². The summed E-state index contributed by atoms with van der Waals surface area (Å²) in [6.07, 6.45) is 7.76. The Morgan fingerprint density at radius 2 is 2.25 bits per heavy atom. The number of methoxy groups -OCH3 is 1. The molecule has 5 heteroatoms. The third-order valence-electron chi connectivity index (χ3n) is 4.95. The quantitative estimate of drug-likeness (QED) is 0.629. The van der Waals surface area contributed by atoms with Crippen molar-refractivity contribution in [3.8, 4) is 0 Å². The van der Waals surface area contributed by atoms with E-state index in [1.165, 1.54) is 7.11 Å². The van der Waals surface area contributed by atoms with Gasteiger partial charge in [0, 0.05) is 29.6 Å². The van der Waals surface area contributed by atoms with Crippen LogP contribution in [0.4, 0.5) is 0 Å². The lowest BCUT2D eigenvalue weighted by Crippen LogP contribution is -2.27. The van der Waals surface area contributed by atoms with E-state index in [0.717, 1.165) is 25.1 Å². The third kappa shape index (κ3) is 2.79. The van der Waals surface area contributed by atoms with Crippen LogP contribution in [0.5, 0.6) is 0 Å². The Morgan fingerprint density at radius 1 is 1.46 bits per heavy atom. The summed E-state index contributed by atoms with van der Waals surface area (Å²) in [4.78, 5) is 23.8. The molecule has 0 amide bonds. The topological polar surface area (TPSA) is 57.5 Å². The SMILES string of the molecule is CC[C@@H]([C@H]1C=C(C)C(=O)O1)[C@H]1C=CCCn2c(C(=O)OC)ccc21. The van der Waals surface area contributed by atoms with Gasteiger partial charge in [0.1, 0.15) is 11.8 Å². The molecule has 0 unspecified atom stereocenters. The molecule has 0 spiro atoms. The van der Waals surface area contributed by atoms with Crippen LogP contribution in [0, 0.1) is 5.92 Å². The predicted octanol–water partition coefficient (Wildman–Crippen LogP) is 3.22. The van der Waals surface area contributed by atoms with E-state index in [1.54, 1.807) is 6.92 Å². The first-order valence-electron chi connectivity index (χ1n) is 8.40.